The van der Waals surface area contributed by atoms with Crippen molar-refractivity contribution in [3.63, 3.8) is 0 Å². The molecule has 7 heteroatoms. The van der Waals surface area contributed by atoms with Gasteiger partial charge in [0.15, 0.2) is 0 Å². The first-order valence-corrected chi connectivity index (χ1v) is 7.51. The Bertz CT molecular complexity index is 692. The fourth-order valence-electron chi connectivity index (χ4n) is 1.73. The Morgan fingerprint density at radius 3 is 2.43 bits per heavy atom. The van der Waals surface area contributed by atoms with E-state index in [1.165, 1.54) is 18.4 Å². The molecule has 0 radical (unpaired) electrons. The number of ether oxygens (including phenoxy) is 1. The van der Waals surface area contributed by atoms with Gasteiger partial charge in [0.2, 0.25) is 0 Å². The first kappa shape index (κ1) is 15.8. The van der Waals surface area contributed by atoms with E-state index in [0.717, 1.165) is 5.56 Å². The van der Waals surface area contributed by atoms with Crippen LogP contribution in [0.1, 0.15) is 25.6 Å². The van der Waals surface area contributed by atoms with Gasteiger partial charge in [-0.25, -0.2) is 4.79 Å². The molecule has 2 aromatic rings. The minimum Gasteiger partial charge on any atom is -0.465 e. The maximum atomic E-state index is 12.3. The third-order valence-corrected chi connectivity index (χ3v) is 4.48. The molecule has 0 spiro atoms. The van der Waals surface area contributed by atoms with E-state index in [1.807, 2.05) is 0 Å². The highest BCUT2D eigenvalue weighted by molar-refractivity contribution is 7.12. The molecule has 0 bridgehead atoms. The lowest BCUT2D eigenvalue weighted by Gasteiger charge is -2.09. The second kappa shape index (κ2) is 6.47. The summed E-state index contributed by atoms with van der Waals surface area (Å²) < 4.78 is 4.69. The SMILES string of the molecule is COC(=O)c1scc(C)c1NC(=O)c1c(Cl)cccc1Cl. The molecule has 1 heterocycles. The van der Waals surface area contributed by atoms with E-state index in [-0.39, 0.29) is 15.6 Å². The van der Waals surface area contributed by atoms with Crippen molar-refractivity contribution < 1.29 is 14.3 Å². The Labute approximate surface area is 135 Å². The number of esters is 1. The van der Waals surface area contributed by atoms with Gasteiger partial charge >= 0.3 is 5.97 Å². The van der Waals surface area contributed by atoms with Crippen molar-refractivity contribution in [3.05, 3.63) is 49.6 Å². The van der Waals surface area contributed by atoms with Gasteiger partial charge in [-0.2, -0.15) is 0 Å². The minimum atomic E-state index is -0.506. The van der Waals surface area contributed by atoms with E-state index in [0.29, 0.717) is 10.6 Å². The van der Waals surface area contributed by atoms with Gasteiger partial charge in [0, 0.05) is 0 Å². The zero-order chi connectivity index (χ0) is 15.6. The smallest absolute Gasteiger partial charge is 0.350 e. The van der Waals surface area contributed by atoms with Crippen LogP contribution in [0.4, 0.5) is 5.69 Å². The maximum Gasteiger partial charge on any atom is 0.350 e. The molecule has 2 rings (SSSR count). The van der Waals surface area contributed by atoms with Crippen LogP contribution in [0.2, 0.25) is 10.0 Å². The van der Waals surface area contributed by atoms with Crippen molar-refractivity contribution in [2.75, 3.05) is 12.4 Å². The summed E-state index contributed by atoms with van der Waals surface area (Å²) in [5.41, 5.74) is 1.34. The molecule has 1 amide bonds. The van der Waals surface area contributed by atoms with Crippen molar-refractivity contribution >= 4 is 52.1 Å². The third-order valence-electron chi connectivity index (χ3n) is 2.77. The van der Waals surface area contributed by atoms with Crippen LogP contribution in [0.25, 0.3) is 0 Å². The predicted octanol–water partition coefficient (Wildman–Crippen LogP) is 4.40. The van der Waals surface area contributed by atoms with Gasteiger partial charge in [-0.05, 0) is 30.0 Å². The summed E-state index contributed by atoms with van der Waals surface area (Å²) in [7, 11) is 1.29. The first-order chi connectivity index (χ1) is 9.95. The van der Waals surface area contributed by atoms with Crippen LogP contribution in [-0.2, 0) is 4.74 Å². The number of aryl methyl sites for hydroxylation is 1. The van der Waals surface area contributed by atoms with Gasteiger partial charge in [-0.15, -0.1) is 11.3 Å². The Morgan fingerprint density at radius 1 is 1.24 bits per heavy atom. The number of hydrogen-bond donors (Lipinski definition) is 1. The van der Waals surface area contributed by atoms with Crippen LogP contribution >= 0.6 is 34.5 Å². The number of carbonyl (C=O) groups is 2. The Hall–Kier alpha value is -1.56. The molecule has 0 aliphatic rings. The number of carbonyl (C=O) groups excluding carboxylic acids is 2. The molecule has 4 nitrogen and oxygen atoms in total. The lowest BCUT2D eigenvalue weighted by Crippen LogP contribution is -2.15. The van der Waals surface area contributed by atoms with Crippen molar-refractivity contribution in [1.82, 2.24) is 0 Å². The van der Waals surface area contributed by atoms with Crippen molar-refractivity contribution in [2.45, 2.75) is 6.92 Å². The zero-order valence-corrected chi connectivity index (χ0v) is 13.5. The monoisotopic (exact) mass is 343 g/mol. The number of rotatable bonds is 3. The number of thiophene rings is 1. The summed E-state index contributed by atoms with van der Waals surface area (Å²) in [4.78, 5) is 24.4. The average molecular weight is 344 g/mol. The highest BCUT2D eigenvalue weighted by Gasteiger charge is 2.21. The van der Waals surface area contributed by atoms with Gasteiger partial charge in [0.1, 0.15) is 4.88 Å². The highest BCUT2D eigenvalue weighted by atomic mass is 35.5. The molecular formula is C14H11Cl2NO3S. The van der Waals surface area contributed by atoms with E-state index < -0.39 is 11.9 Å². The molecule has 0 aliphatic heterocycles. The lowest BCUT2D eigenvalue weighted by molar-refractivity contribution is 0.0607. The van der Waals surface area contributed by atoms with E-state index in [1.54, 1.807) is 30.5 Å². The molecule has 0 fully saturated rings. The predicted molar refractivity (Wildman–Crippen MR) is 84.8 cm³/mol. The van der Waals surface area contributed by atoms with Crippen LogP contribution in [0.3, 0.4) is 0 Å². The van der Waals surface area contributed by atoms with Crippen LogP contribution in [-0.4, -0.2) is 19.0 Å². The zero-order valence-electron chi connectivity index (χ0n) is 11.2. The molecule has 0 saturated carbocycles. The Morgan fingerprint density at radius 2 is 1.86 bits per heavy atom. The summed E-state index contributed by atoms with van der Waals surface area (Å²) in [5.74, 6) is -0.981. The van der Waals surface area contributed by atoms with E-state index >= 15 is 0 Å². The maximum absolute atomic E-state index is 12.3. The molecule has 0 atom stereocenters. The molecule has 0 aliphatic carbocycles. The Balaban J connectivity index is 2.37. The fraction of sp³-hybridized carbons (Fsp3) is 0.143. The van der Waals surface area contributed by atoms with Gasteiger partial charge in [-0.1, -0.05) is 29.3 Å². The molecule has 1 aromatic heterocycles. The quantitative estimate of drug-likeness (QED) is 0.840. The second-order valence-electron chi connectivity index (χ2n) is 4.17. The van der Waals surface area contributed by atoms with E-state index in [2.05, 4.69) is 5.32 Å². The number of halogens is 2. The standard InChI is InChI=1S/C14H11Cl2NO3S/c1-7-6-21-12(14(19)20-2)11(7)17-13(18)10-8(15)4-3-5-9(10)16/h3-6H,1-2H3,(H,17,18). The van der Waals surface area contributed by atoms with Gasteiger partial charge in [0.05, 0.1) is 28.4 Å². The largest absolute Gasteiger partial charge is 0.465 e. The summed E-state index contributed by atoms with van der Waals surface area (Å²) in [5, 5.41) is 4.92. The second-order valence-corrected chi connectivity index (χ2v) is 5.86. The number of anilines is 1. The molecule has 110 valence electrons. The first-order valence-electron chi connectivity index (χ1n) is 5.87. The molecule has 21 heavy (non-hydrogen) atoms. The topological polar surface area (TPSA) is 55.4 Å². The van der Waals surface area contributed by atoms with Gasteiger partial charge in [0.25, 0.3) is 5.91 Å². The highest BCUT2D eigenvalue weighted by Crippen LogP contribution is 2.31. The number of amides is 1. The van der Waals surface area contributed by atoms with Crippen LogP contribution < -0.4 is 5.32 Å². The Kier molecular flexibility index (Phi) is 4.88. The van der Waals surface area contributed by atoms with Crippen molar-refractivity contribution in [3.8, 4) is 0 Å². The average Bonchev–Trinajstić information content (AvgIpc) is 2.79. The lowest BCUT2D eigenvalue weighted by atomic mass is 10.2. The minimum absolute atomic E-state index is 0.169. The van der Waals surface area contributed by atoms with Crippen LogP contribution in [0, 0.1) is 6.92 Å². The molecule has 0 saturated heterocycles. The number of benzene rings is 1. The molecule has 1 aromatic carbocycles. The summed E-state index contributed by atoms with van der Waals surface area (Å²) >= 11 is 13.2. The van der Waals surface area contributed by atoms with E-state index in [9.17, 15) is 9.59 Å². The molecule has 1 N–H and O–H groups in total. The summed E-state index contributed by atoms with van der Waals surface area (Å²) in [6.07, 6.45) is 0. The number of hydrogen-bond acceptors (Lipinski definition) is 4. The number of methoxy groups -OCH3 is 1. The fourth-order valence-corrected chi connectivity index (χ4v) is 3.22. The number of nitrogens with one attached hydrogen (secondary N) is 1. The molecular weight excluding hydrogens is 333 g/mol. The van der Waals surface area contributed by atoms with Gasteiger partial charge < -0.3 is 10.1 Å². The van der Waals surface area contributed by atoms with E-state index in [4.69, 9.17) is 27.9 Å². The summed E-state index contributed by atoms with van der Waals surface area (Å²) in [6.45, 7) is 1.78. The van der Waals surface area contributed by atoms with Gasteiger partial charge in [-0.3, -0.25) is 4.79 Å². The van der Waals surface area contributed by atoms with Crippen LogP contribution in [0.5, 0.6) is 0 Å². The summed E-state index contributed by atoms with van der Waals surface area (Å²) in [6, 6.07) is 4.80. The normalized spacial score (nSPS) is 10.3. The molecule has 0 unspecified atom stereocenters. The third kappa shape index (κ3) is 3.20. The van der Waals surface area contributed by atoms with Crippen LogP contribution in [0.15, 0.2) is 23.6 Å². The van der Waals surface area contributed by atoms with Crippen molar-refractivity contribution in [2.24, 2.45) is 0 Å². The van der Waals surface area contributed by atoms with Crippen molar-refractivity contribution in [1.29, 1.82) is 0 Å².